The molecule has 0 bridgehead atoms. The highest BCUT2D eigenvalue weighted by Crippen LogP contribution is 2.27. The van der Waals surface area contributed by atoms with Crippen molar-refractivity contribution in [2.75, 3.05) is 106 Å². The first kappa shape index (κ1) is 51.7. The number of nitrogens with zero attached hydrogens (tertiary/aromatic N) is 8. The maximum absolute atomic E-state index is 12.5. The molecule has 0 saturated carbocycles. The molecule has 16 nitrogen and oxygen atoms in total. The Hall–Kier alpha value is -6.19. The molecular formula is C50H58BrF3N10O6. The molecule has 2 aromatic heterocycles. The molecular weight excluding hydrogens is 974 g/mol. The monoisotopic (exact) mass is 1030 g/mol. The van der Waals surface area contributed by atoms with E-state index in [1.54, 1.807) is 18.2 Å². The van der Waals surface area contributed by atoms with Crippen LogP contribution >= 0.6 is 15.9 Å². The molecule has 8 rings (SSSR count). The van der Waals surface area contributed by atoms with Gasteiger partial charge in [-0.25, -0.2) is 19.9 Å². The third kappa shape index (κ3) is 15.2. The predicted molar refractivity (Wildman–Crippen MR) is 268 cm³/mol. The molecule has 20 heteroatoms. The van der Waals surface area contributed by atoms with Gasteiger partial charge in [-0.05, 0) is 125 Å². The lowest BCUT2D eigenvalue weighted by atomic mass is 10.1. The third-order valence-corrected chi connectivity index (χ3v) is 12.4. The quantitative estimate of drug-likeness (QED) is 0.0815. The first-order chi connectivity index (χ1) is 33.7. The number of carbonyl (C=O) groups is 2. The Morgan fingerprint density at radius 1 is 0.643 bits per heavy atom. The fraction of sp³-hybridized carbons (Fsp3) is 0.400. The summed E-state index contributed by atoms with van der Waals surface area (Å²) in [6, 6.07) is 24.0. The molecule has 2 aliphatic heterocycles. The van der Waals surface area contributed by atoms with Crippen LogP contribution in [0, 0.1) is 13.8 Å². The Bertz CT molecular complexity index is 2700. The second-order valence-electron chi connectivity index (χ2n) is 17.0. The van der Waals surface area contributed by atoms with Gasteiger partial charge in [0.2, 0.25) is 17.8 Å². The van der Waals surface area contributed by atoms with Gasteiger partial charge in [-0.2, -0.15) is 0 Å². The summed E-state index contributed by atoms with van der Waals surface area (Å²) in [5, 5.41) is 25.9. The average Bonchev–Trinajstić information content (AvgIpc) is 3.72. The minimum Gasteiger partial charge on any atom is -0.484 e. The lowest BCUT2D eigenvalue weighted by molar-refractivity contribution is -0.274. The molecule has 0 atom stereocenters. The topological polar surface area (TPSA) is 182 Å². The number of alkyl halides is 3. The van der Waals surface area contributed by atoms with Gasteiger partial charge in [-0.1, -0.05) is 28.1 Å². The molecule has 0 spiro atoms. The molecule has 70 heavy (non-hydrogen) atoms. The summed E-state index contributed by atoms with van der Waals surface area (Å²) in [4.78, 5) is 52.7. The number of anilines is 4. The number of amides is 2. The first-order valence-corrected chi connectivity index (χ1v) is 24.1. The summed E-state index contributed by atoms with van der Waals surface area (Å²) < 4.78 is 47.2. The summed E-state index contributed by atoms with van der Waals surface area (Å²) in [6.07, 6.45) is -2.21. The molecule has 2 amide bonds. The standard InChI is InChI=1S/C26H30F3N5O3.C24H28BrN5O3/c1-18-22-17-20(31-24(36)10-5-19-3-7-21(8-4-19)37-26(27,28)29)6-9-23(22)32-25(30-18)34-12-2-11-33(13-14-34)15-16-35;1-17-21-15-19(27-23(32)16-33-20-6-3-18(25)4-7-20)5-8-22(21)28-24(26-17)30-10-2-9-29(11-12-30)13-14-31/h3-4,6-9,17,35H,2,5,10-16H2,1H3,(H,31,36);3-8,15,31H,2,9-14,16H2,1H3,(H,27,32). The van der Waals surface area contributed by atoms with Gasteiger partial charge in [0.25, 0.3) is 5.91 Å². The highest BCUT2D eigenvalue weighted by molar-refractivity contribution is 9.10. The van der Waals surface area contributed by atoms with E-state index in [9.17, 15) is 33.0 Å². The number of aromatic nitrogens is 4. The number of hydrogen-bond donors (Lipinski definition) is 4. The second-order valence-corrected chi connectivity index (χ2v) is 17.9. The van der Waals surface area contributed by atoms with Crippen LogP contribution in [0.1, 0.15) is 36.2 Å². The van der Waals surface area contributed by atoms with Crippen molar-refractivity contribution in [2.45, 2.75) is 45.9 Å². The van der Waals surface area contributed by atoms with Gasteiger partial charge in [0, 0.05) is 85.4 Å². The van der Waals surface area contributed by atoms with Crippen LogP contribution in [0.3, 0.4) is 0 Å². The molecule has 2 fully saturated rings. The maximum Gasteiger partial charge on any atom is 0.573 e. The number of fused-ring (bicyclic) bond motifs is 2. The van der Waals surface area contributed by atoms with Crippen molar-refractivity contribution in [3.05, 3.63) is 106 Å². The Kier molecular flexibility index (Phi) is 18.1. The van der Waals surface area contributed by atoms with Crippen molar-refractivity contribution in [2.24, 2.45) is 0 Å². The maximum atomic E-state index is 12.5. The van der Waals surface area contributed by atoms with E-state index < -0.39 is 6.36 Å². The Morgan fingerprint density at radius 3 is 1.64 bits per heavy atom. The summed E-state index contributed by atoms with van der Waals surface area (Å²) in [5.74, 6) is 1.31. The van der Waals surface area contributed by atoms with Crippen LogP contribution in [-0.4, -0.2) is 143 Å². The van der Waals surface area contributed by atoms with Crippen molar-refractivity contribution in [1.82, 2.24) is 29.7 Å². The van der Waals surface area contributed by atoms with Gasteiger partial charge in [0.05, 0.1) is 35.6 Å². The zero-order valence-corrected chi connectivity index (χ0v) is 40.8. The molecule has 2 aliphatic rings. The number of carbonyl (C=O) groups excluding carboxylic acids is 2. The van der Waals surface area contributed by atoms with E-state index in [0.29, 0.717) is 42.6 Å². The number of aryl methyl sites for hydroxylation is 3. The highest BCUT2D eigenvalue weighted by atomic mass is 79.9. The minimum atomic E-state index is -4.73. The number of ether oxygens (including phenoxy) is 2. The summed E-state index contributed by atoms with van der Waals surface area (Å²) in [6.45, 7) is 12.5. The van der Waals surface area contributed by atoms with Crippen molar-refractivity contribution in [1.29, 1.82) is 0 Å². The molecule has 0 radical (unpaired) electrons. The average molecular weight is 1030 g/mol. The SMILES string of the molecule is Cc1nc(N2CCCN(CCO)CC2)nc2ccc(NC(=O)CCc3ccc(OC(F)(F)F)cc3)cc12.Cc1nc(N2CCCN(CCO)CC2)nc2ccc(NC(=O)COc3ccc(Br)cc3)cc12. The molecule has 4 aromatic carbocycles. The number of aliphatic hydroxyl groups excluding tert-OH is 2. The number of benzene rings is 4. The zero-order chi connectivity index (χ0) is 49.6. The zero-order valence-electron chi connectivity index (χ0n) is 39.2. The minimum absolute atomic E-state index is 0.0731. The smallest absolute Gasteiger partial charge is 0.484 e. The van der Waals surface area contributed by atoms with Gasteiger partial charge >= 0.3 is 6.36 Å². The second kappa shape index (κ2) is 24.6. The summed E-state index contributed by atoms with van der Waals surface area (Å²) in [5.41, 5.74) is 5.35. The van der Waals surface area contributed by atoms with Crippen molar-refractivity contribution in [3.8, 4) is 11.5 Å². The van der Waals surface area contributed by atoms with Crippen LogP contribution in [0.5, 0.6) is 11.5 Å². The van der Waals surface area contributed by atoms with Crippen molar-refractivity contribution >= 4 is 72.8 Å². The number of halogens is 4. The van der Waals surface area contributed by atoms with E-state index in [-0.39, 0.29) is 43.8 Å². The van der Waals surface area contributed by atoms with Crippen LogP contribution < -0.4 is 29.9 Å². The third-order valence-electron chi connectivity index (χ3n) is 11.9. The van der Waals surface area contributed by atoms with E-state index in [0.717, 1.165) is 114 Å². The highest BCUT2D eigenvalue weighted by Gasteiger charge is 2.31. The Labute approximate surface area is 413 Å². The van der Waals surface area contributed by atoms with Crippen LogP contribution in [0.25, 0.3) is 21.8 Å². The van der Waals surface area contributed by atoms with E-state index >= 15 is 0 Å². The molecule has 0 aliphatic carbocycles. The van der Waals surface area contributed by atoms with Crippen LogP contribution in [-0.2, 0) is 16.0 Å². The van der Waals surface area contributed by atoms with E-state index in [1.165, 1.54) is 24.3 Å². The van der Waals surface area contributed by atoms with Crippen molar-refractivity contribution in [3.63, 3.8) is 0 Å². The van der Waals surface area contributed by atoms with E-state index in [2.05, 4.69) is 50.9 Å². The van der Waals surface area contributed by atoms with Crippen molar-refractivity contribution < 1.29 is 42.4 Å². The normalized spacial score (nSPS) is 14.9. The van der Waals surface area contributed by atoms with Crippen LogP contribution in [0.4, 0.5) is 36.4 Å². The molecule has 0 unspecified atom stereocenters. The first-order valence-electron chi connectivity index (χ1n) is 23.3. The molecule has 4 N–H and O–H groups in total. The molecule has 372 valence electrons. The van der Waals surface area contributed by atoms with Gasteiger partial charge in [-0.3, -0.25) is 19.4 Å². The molecule has 6 aromatic rings. The van der Waals surface area contributed by atoms with Crippen LogP contribution in [0.2, 0.25) is 0 Å². The largest absolute Gasteiger partial charge is 0.573 e. The van der Waals surface area contributed by atoms with Gasteiger partial charge < -0.3 is 40.1 Å². The Balaban J connectivity index is 0.000000208. The summed E-state index contributed by atoms with van der Waals surface area (Å²) in [7, 11) is 0. The number of hydrogen-bond acceptors (Lipinski definition) is 14. The number of nitrogens with one attached hydrogen (secondary N) is 2. The van der Waals surface area contributed by atoms with Gasteiger partial charge in [0.15, 0.2) is 6.61 Å². The lowest BCUT2D eigenvalue weighted by Crippen LogP contribution is -2.33. The lowest BCUT2D eigenvalue weighted by Gasteiger charge is -2.22. The van der Waals surface area contributed by atoms with E-state index in [1.807, 2.05) is 56.3 Å². The number of rotatable bonds is 15. The number of β-amino-alcohol motifs (C(OH)–C–C–N with tert-alkyl or cyclic N) is 2. The van der Waals surface area contributed by atoms with E-state index in [4.69, 9.17) is 24.7 Å². The fourth-order valence-corrected chi connectivity index (χ4v) is 8.52. The predicted octanol–water partition coefficient (Wildman–Crippen LogP) is 7.14. The van der Waals surface area contributed by atoms with Crippen LogP contribution in [0.15, 0.2) is 89.4 Å². The fourth-order valence-electron chi connectivity index (χ4n) is 8.26. The molecule has 2 saturated heterocycles. The van der Waals surface area contributed by atoms with Gasteiger partial charge in [-0.15, -0.1) is 13.2 Å². The Morgan fingerprint density at radius 2 is 1.14 bits per heavy atom. The number of aliphatic hydroxyl groups is 2. The summed E-state index contributed by atoms with van der Waals surface area (Å²) >= 11 is 3.38. The van der Waals surface area contributed by atoms with Gasteiger partial charge in [0.1, 0.15) is 11.5 Å². The molecule has 4 heterocycles.